The van der Waals surface area contributed by atoms with Gasteiger partial charge in [-0.1, -0.05) is 157 Å². The molecule has 9 aromatic carbocycles. The summed E-state index contributed by atoms with van der Waals surface area (Å²) in [6.45, 7) is 0. The molecular formula is C55H36N2OS. The summed E-state index contributed by atoms with van der Waals surface area (Å²) in [4.78, 5) is 7.31. The number of rotatable bonds is 6. The summed E-state index contributed by atoms with van der Waals surface area (Å²) < 4.78 is 6.90. The molecule has 0 unspecified atom stereocenters. The van der Waals surface area contributed by atoms with Crippen LogP contribution in [0.25, 0.3) is 33.1 Å². The van der Waals surface area contributed by atoms with E-state index in [0.717, 1.165) is 56.1 Å². The van der Waals surface area contributed by atoms with Crippen LogP contribution in [-0.4, -0.2) is 0 Å². The fraction of sp³-hybridized carbons (Fsp3) is 0.0182. The lowest BCUT2D eigenvalue weighted by atomic mass is 9.66. The number of furan rings is 1. The van der Waals surface area contributed by atoms with E-state index in [1.807, 2.05) is 17.8 Å². The Bertz CT molecular complexity index is 3140. The van der Waals surface area contributed by atoms with Crippen molar-refractivity contribution in [2.24, 2.45) is 0 Å². The summed E-state index contributed by atoms with van der Waals surface area (Å²) in [5, 5.41) is 2.19. The Hall–Kier alpha value is -7.27. The van der Waals surface area contributed by atoms with E-state index in [1.54, 1.807) is 0 Å². The molecule has 0 N–H and O–H groups in total. The van der Waals surface area contributed by atoms with Crippen molar-refractivity contribution >= 4 is 67.8 Å². The first-order chi connectivity index (χ1) is 29.3. The van der Waals surface area contributed by atoms with Gasteiger partial charge in [0.05, 0.1) is 16.8 Å². The van der Waals surface area contributed by atoms with E-state index in [1.165, 1.54) is 43.2 Å². The molecule has 0 atom stereocenters. The first-order valence-corrected chi connectivity index (χ1v) is 20.9. The van der Waals surface area contributed by atoms with Crippen LogP contribution in [0.3, 0.4) is 0 Å². The Labute approximate surface area is 347 Å². The maximum absolute atomic E-state index is 6.90. The molecule has 278 valence electrons. The molecule has 0 fully saturated rings. The van der Waals surface area contributed by atoms with Gasteiger partial charge in [0.15, 0.2) is 5.58 Å². The summed E-state index contributed by atoms with van der Waals surface area (Å²) in [6, 6.07) is 79.1. The molecule has 12 rings (SSSR count). The molecule has 59 heavy (non-hydrogen) atoms. The minimum Gasteiger partial charge on any atom is -0.454 e. The van der Waals surface area contributed by atoms with Gasteiger partial charge < -0.3 is 14.2 Å². The summed E-state index contributed by atoms with van der Waals surface area (Å²) in [5.41, 5.74) is 15.2. The maximum atomic E-state index is 6.90. The highest BCUT2D eigenvalue weighted by atomic mass is 32.2. The Morgan fingerprint density at radius 2 is 0.881 bits per heavy atom. The number of hydrogen-bond acceptors (Lipinski definition) is 4. The summed E-state index contributed by atoms with van der Waals surface area (Å²) in [7, 11) is 0. The van der Waals surface area contributed by atoms with Gasteiger partial charge in [-0.3, -0.25) is 0 Å². The minimum absolute atomic E-state index is 0.585. The van der Waals surface area contributed by atoms with Crippen molar-refractivity contribution in [3.05, 3.63) is 241 Å². The van der Waals surface area contributed by atoms with Gasteiger partial charge in [0.1, 0.15) is 5.58 Å². The zero-order valence-electron chi connectivity index (χ0n) is 32.0. The lowest BCUT2D eigenvalue weighted by molar-refractivity contribution is 0.668. The first kappa shape index (κ1) is 33.8. The second-order valence-corrected chi connectivity index (χ2v) is 16.3. The molecule has 4 heteroatoms. The molecule has 2 aliphatic rings. The molecule has 0 amide bonds. The van der Waals surface area contributed by atoms with Crippen LogP contribution >= 0.6 is 11.8 Å². The van der Waals surface area contributed by atoms with E-state index in [9.17, 15) is 0 Å². The van der Waals surface area contributed by atoms with Crippen molar-refractivity contribution in [2.45, 2.75) is 15.2 Å². The normalized spacial score (nSPS) is 13.2. The van der Waals surface area contributed by atoms with Crippen LogP contribution in [0.5, 0.6) is 0 Å². The second kappa shape index (κ2) is 13.4. The Balaban J connectivity index is 1.19. The predicted octanol–water partition coefficient (Wildman–Crippen LogP) is 15.4. The second-order valence-electron chi connectivity index (χ2n) is 15.2. The fourth-order valence-corrected chi connectivity index (χ4v) is 11.0. The molecule has 0 saturated carbocycles. The summed E-state index contributed by atoms with van der Waals surface area (Å²) in [6.07, 6.45) is 0. The van der Waals surface area contributed by atoms with Crippen LogP contribution in [0.1, 0.15) is 22.3 Å². The monoisotopic (exact) mass is 772 g/mol. The van der Waals surface area contributed by atoms with Gasteiger partial charge in [0, 0.05) is 48.9 Å². The van der Waals surface area contributed by atoms with Crippen molar-refractivity contribution in [1.29, 1.82) is 0 Å². The SMILES string of the molecule is c1ccc(N(c2ccccc2)c2cccc(N(c3cccc4c3C3(c5ccccc5S4)c4ccccc4-c4ccccc43)c3cccc4c3oc3ccccc34)c2)cc1. The standard InChI is InChI=1S/C55H36N2OS/c1-3-18-37(19-4-1)56(38-20-5-2-6-21-38)39-22-15-23-40(36-39)57(49-32-16-27-44-43-26-9-13-33-50(43)58-54(44)49)48-31-17-35-52-53(48)55(47-30-12-14-34-51(47)59-52)45-28-10-7-24-41(45)42-25-8-11-29-46(42)55/h1-36H. The largest absolute Gasteiger partial charge is 0.454 e. The molecule has 3 nitrogen and oxygen atoms in total. The van der Waals surface area contributed by atoms with Gasteiger partial charge in [-0.15, -0.1) is 0 Å². The van der Waals surface area contributed by atoms with Gasteiger partial charge in [0.25, 0.3) is 0 Å². The van der Waals surface area contributed by atoms with Crippen molar-refractivity contribution in [3.63, 3.8) is 0 Å². The van der Waals surface area contributed by atoms with E-state index in [4.69, 9.17) is 4.42 Å². The molecule has 2 heterocycles. The van der Waals surface area contributed by atoms with Crippen molar-refractivity contribution in [1.82, 2.24) is 0 Å². The van der Waals surface area contributed by atoms with Gasteiger partial charge in [-0.05, 0) is 101 Å². The number of hydrogen-bond donors (Lipinski definition) is 0. The van der Waals surface area contributed by atoms with E-state index in [2.05, 4.69) is 222 Å². The number of fused-ring (bicyclic) bond motifs is 12. The van der Waals surface area contributed by atoms with E-state index in [-0.39, 0.29) is 0 Å². The smallest absolute Gasteiger partial charge is 0.159 e. The highest BCUT2D eigenvalue weighted by molar-refractivity contribution is 7.99. The molecular weight excluding hydrogens is 737 g/mol. The minimum atomic E-state index is -0.585. The van der Waals surface area contributed by atoms with Crippen molar-refractivity contribution < 1.29 is 4.42 Å². The summed E-state index contributed by atoms with van der Waals surface area (Å²) in [5.74, 6) is 0. The Morgan fingerprint density at radius 3 is 1.61 bits per heavy atom. The van der Waals surface area contributed by atoms with Gasteiger partial charge >= 0.3 is 0 Å². The topological polar surface area (TPSA) is 19.6 Å². The van der Waals surface area contributed by atoms with Crippen LogP contribution in [0.4, 0.5) is 34.1 Å². The summed E-state index contributed by atoms with van der Waals surface area (Å²) >= 11 is 1.87. The Kier molecular flexibility index (Phi) is 7.69. The third kappa shape index (κ3) is 5.03. The number of benzene rings is 9. The van der Waals surface area contributed by atoms with Crippen LogP contribution in [-0.2, 0) is 5.41 Å². The number of nitrogens with zero attached hydrogens (tertiary/aromatic N) is 2. The fourth-order valence-electron chi connectivity index (χ4n) is 9.77. The van der Waals surface area contributed by atoms with Gasteiger partial charge in [-0.25, -0.2) is 0 Å². The zero-order chi connectivity index (χ0) is 38.9. The molecule has 1 aliphatic carbocycles. The quantitative estimate of drug-likeness (QED) is 0.168. The van der Waals surface area contributed by atoms with Gasteiger partial charge in [-0.2, -0.15) is 0 Å². The maximum Gasteiger partial charge on any atom is 0.159 e. The van der Waals surface area contributed by atoms with Crippen LogP contribution in [0.15, 0.2) is 233 Å². The van der Waals surface area contributed by atoms with Crippen LogP contribution in [0, 0.1) is 0 Å². The average molecular weight is 773 g/mol. The Morgan fingerprint density at radius 1 is 0.373 bits per heavy atom. The third-order valence-corrected chi connectivity index (χ3v) is 13.2. The molecule has 0 radical (unpaired) electrons. The average Bonchev–Trinajstić information content (AvgIpc) is 3.82. The van der Waals surface area contributed by atoms with Gasteiger partial charge in [0.2, 0.25) is 0 Å². The first-order valence-electron chi connectivity index (χ1n) is 20.1. The van der Waals surface area contributed by atoms with E-state index in [0.29, 0.717) is 0 Å². The van der Waals surface area contributed by atoms with E-state index < -0.39 is 5.41 Å². The van der Waals surface area contributed by atoms with Crippen LogP contribution in [0.2, 0.25) is 0 Å². The molecule has 10 aromatic rings. The zero-order valence-corrected chi connectivity index (χ0v) is 32.8. The predicted molar refractivity (Wildman–Crippen MR) is 245 cm³/mol. The van der Waals surface area contributed by atoms with E-state index >= 15 is 0 Å². The lowest BCUT2D eigenvalue weighted by Crippen LogP contribution is -2.34. The molecule has 0 saturated heterocycles. The molecule has 1 spiro atoms. The highest BCUT2D eigenvalue weighted by Crippen LogP contribution is 2.64. The highest BCUT2D eigenvalue weighted by Gasteiger charge is 2.52. The van der Waals surface area contributed by atoms with Crippen molar-refractivity contribution in [2.75, 3.05) is 9.80 Å². The number of anilines is 6. The van der Waals surface area contributed by atoms with Crippen LogP contribution < -0.4 is 9.80 Å². The molecule has 0 bridgehead atoms. The third-order valence-electron chi connectivity index (χ3n) is 12.1. The lowest BCUT2D eigenvalue weighted by Gasteiger charge is -2.42. The molecule has 1 aliphatic heterocycles. The molecule has 1 aromatic heterocycles. The number of para-hydroxylation sites is 4. The van der Waals surface area contributed by atoms with Crippen molar-refractivity contribution in [3.8, 4) is 11.1 Å².